The molecule has 0 aromatic heterocycles. The van der Waals surface area contributed by atoms with Crippen LogP contribution in [0, 0.1) is 11.3 Å². The van der Waals surface area contributed by atoms with Gasteiger partial charge in [0, 0.05) is 37.1 Å². The van der Waals surface area contributed by atoms with Crippen LogP contribution in [0.4, 0.5) is 21.0 Å². The number of nitrogens with one attached hydrogen (secondary N) is 1. The summed E-state index contributed by atoms with van der Waals surface area (Å²) < 4.78 is 16.5. The molecule has 5 amide bonds. The van der Waals surface area contributed by atoms with Gasteiger partial charge in [0.05, 0.1) is 31.2 Å². The van der Waals surface area contributed by atoms with E-state index in [-0.39, 0.29) is 48.8 Å². The smallest absolute Gasteiger partial charge is 0.420 e. The molecule has 1 saturated heterocycles. The zero-order valence-electron chi connectivity index (χ0n) is 27.1. The molecule has 0 bridgehead atoms. The van der Waals surface area contributed by atoms with Crippen LogP contribution in [0.2, 0.25) is 0 Å². The van der Waals surface area contributed by atoms with Crippen molar-refractivity contribution in [3.63, 3.8) is 0 Å². The van der Waals surface area contributed by atoms with E-state index >= 15 is 0 Å². The predicted octanol–water partition coefficient (Wildman–Crippen LogP) is 4.58. The van der Waals surface area contributed by atoms with Crippen molar-refractivity contribution in [3.8, 4) is 6.07 Å². The number of nitrogens with zero attached hydrogens (tertiary/aromatic N) is 4. The summed E-state index contributed by atoms with van der Waals surface area (Å²) in [5, 5.41) is 12.4. The van der Waals surface area contributed by atoms with Crippen LogP contribution in [0.15, 0.2) is 36.4 Å². The Bertz CT molecular complexity index is 1570. The van der Waals surface area contributed by atoms with Crippen molar-refractivity contribution in [3.05, 3.63) is 58.7 Å². The molecule has 244 valence electrons. The molecule has 13 nitrogen and oxygen atoms in total. The maximum absolute atomic E-state index is 13.3. The molecule has 2 aliphatic rings. The number of amides is 5. The lowest BCUT2D eigenvalue weighted by molar-refractivity contribution is -0.137. The second-order valence-corrected chi connectivity index (χ2v) is 13.1. The van der Waals surface area contributed by atoms with Crippen LogP contribution < -0.4 is 10.2 Å². The fraction of sp³-hybridized carbons (Fsp3) is 0.455. The predicted molar refractivity (Wildman–Crippen MR) is 167 cm³/mol. The second-order valence-electron chi connectivity index (χ2n) is 13.1. The molecule has 0 saturated carbocycles. The monoisotopic (exact) mass is 633 g/mol. The van der Waals surface area contributed by atoms with Gasteiger partial charge in [-0.2, -0.15) is 5.26 Å². The summed E-state index contributed by atoms with van der Waals surface area (Å²) in [6, 6.07) is 11.7. The van der Waals surface area contributed by atoms with E-state index in [0.29, 0.717) is 17.8 Å². The number of morpholine rings is 1. The van der Waals surface area contributed by atoms with Crippen LogP contribution in [-0.4, -0.2) is 77.2 Å². The van der Waals surface area contributed by atoms with Crippen molar-refractivity contribution in [2.75, 3.05) is 30.4 Å². The summed E-state index contributed by atoms with van der Waals surface area (Å²) in [6.07, 6.45) is -3.28. The van der Waals surface area contributed by atoms with E-state index in [1.165, 1.54) is 23.1 Å². The molecule has 2 aliphatic heterocycles. The number of nitriles is 1. The number of benzene rings is 2. The first-order valence-corrected chi connectivity index (χ1v) is 14.8. The maximum Gasteiger partial charge on any atom is 0.420 e. The first kappa shape index (κ1) is 33.9. The summed E-state index contributed by atoms with van der Waals surface area (Å²) in [7, 11) is 1.71. The number of imide groups is 1. The lowest BCUT2D eigenvalue weighted by atomic mass is 10.1. The van der Waals surface area contributed by atoms with Gasteiger partial charge in [0.2, 0.25) is 5.91 Å². The van der Waals surface area contributed by atoms with Crippen LogP contribution in [-0.2, 0) is 36.9 Å². The number of rotatable bonds is 6. The van der Waals surface area contributed by atoms with Gasteiger partial charge in [-0.3, -0.25) is 14.4 Å². The number of carbonyl (C=O) groups excluding carboxylic acids is 5. The molecule has 2 heterocycles. The summed E-state index contributed by atoms with van der Waals surface area (Å²) in [4.78, 5) is 68.8. The summed E-state index contributed by atoms with van der Waals surface area (Å²) >= 11 is 0. The van der Waals surface area contributed by atoms with E-state index in [9.17, 15) is 29.2 Å². The minimum Gasteiger partial charge on any atom is -0.443 e. The van der Waals surface area contributed by atoms with E-state index < -0.39 is 41.3 Å². The molecule has 1 fully saturated rings. The zero-order valence-corrected chi connectivity index (χ0v) is 27.1. The molecule has 1 unspecified atom stereocenters. The van der Waals surface area contributed by atoms with Crippen molar-refractivity contribution >= 4 is 41.3 Å². The van der Waals surface area contributed by atoms with E-state index in [0.717, 1.165) is 10.5 Å². The lowest BCUT2D eigenvalue weighted by Crippen LogP contribution is -2.49. The standard InChI is InChI=1S/C33H39N5O8/c1-32(2,3)45-30(42)38(31(43)46-33(4,5)6)19-22-14-23(10-8-20(22)17-34)35-27(39)16-26-29(41)37(12-13-44-26)24-11-9-21-18-36(7)28(40)25(21)15-24/h8-11,14-15,26H,12-13,16,18-19H2,1-7H3,(H,35,39). The van der Waals surface area contributed by atoms with Crippen molar-refractivity contribution in [2.45, 2.75) is 78.4 Å². The third-order valence-corrected chi connectivity index (χ3v) is 7.00. The van der Waals surface area contributed by atoms with Crippen molar-refractivity contribution in [1.82, 2.24) is 9.80 Å². The van der Waals surface area contributed by atoms with Gasteiger partial charge in [0.25, 0.3) is 11.8 Å². The average molecular weight is 634 g/mol. The van der Waals surface area contributed by atoms with Gasteiger partial charge in [-0.1, -0.05) is 6.07 Å². The van der Waals surface area contributed by atoms with E-state index in [2.05, 4.69) is 5.32 Å². The van der Waals surface area contributed by atoms with Gasteiger partial charge in [-0.15, -0.1) is 0 Å². The molecule has 0 aliphatic carbocycles. The van der Waals surface area contributed by atoms with Crippen LogP contribution in [0.25, 0.3) is 0 Å². The Morgan fingerprint density at radius 1 is 1.02 bits per heavy atom. The van der Waals surface area contributed by atoms with Gasteiger partial charge < -0.3 is 29.3 Å². The highest BCUT2D eigenvalue weighted by atomic mass is 16.6. The van der Waals surface area contributed by atoms with Crippen molar-refractivity contribution in [1.29, 1.82) is 5.26 Å². The Labute approximate surface area is 268 Å². The molecular weight excluding hydrogens is 594 g/mol. The number of carbonyl (C=O) groups is 5. The first-order chi connectivity index (χ1) is 21.5. The fourth-order valence-electron chi connectivity index (χ4n) is 4.95. The number of hydrogen-bond acceptors (Lipinski definition) is 9. The van der Waals surface area contributed by atoms with E-state index in [1.54, 1.807) is 65.6 Å². The molecular formula is C33H39N5O8. The van der Waals surface area contributed by atoms with E-state index in [1.807, 2.05) is 12.1 Å². The highest BCUT2D eigenvalue weighted by Crippen LogP contribution is 2.29. The van der Waals surface area contributed by atoms with Gasteiger partial charge >= 0.3 is 12.2 Å². The first-order valence-electron chi connectivity index (χ1n) is 14.8. The SMILES string of the molecule is CN1Cc2ccc(N3CCOC(CC(=O)Nc4ccc(C#N)c(CN(C(=O)OC(C)(C)C)C(=O)OC(C)(C)C)c4)C3=O)cc2C1=O. The maximum atomic E-state index is 13.3. The van der Waals surface area contributed by atoms with Crippen LogP contribution in [0.5, 0.6) is 0 Å². The molecule has 13 heteroatoms. The number of anilines is 2. The normalized spacial score (nSPS) is 16.4. The lowest BCUT2D eigenvalue weighted by Gasteiger charge is -2.32. The van der Waals surface area contributed by atoms with Gasteiger partial charge in [-0.25, -0.2) is 14.5 Å². The highest BCUT2D eigenvalue weighted by molar-refractivity contribution is 6.04. The molecule has 46 heavy (non-hydrogen) atoms. The van der Waals surface area contributed by atoms with Crippen molar-refractivity contribution in [2.24, 2.45) is 0 Å². The van der Waals surface area contributed by atoms with Gasteiger partial charge in [0.15, 0.2) is 0 Å². The minimum absolute atomic E-state index is 0.115. The van der Waals surface area contributed by atoms with Gasteiger partial charge in [-0.05, 0) is 83.0 Å². The Hall–Kier alpha value is -4.96. The van der Waals surface area contributed by atoms with Gasteiger partial charge in [0.1, 0.15) is 17.3 Å². The zero-order chi connectivity index (χ0) is 34.0. The van der Waals surface area contributed by atoms with Crippen molar-refractivity contribution < 1.29 is 38.2 Å². The molecule has 0 spiro atoms. The molecule has 1 N–H and O–H groups in total. The molecule has 4 rings (SSSR count). The summed E-state index contributed by atoms with van der Waals surface area (Å²) in [5.74, 6) is -1.06. The Morgan fingerprint density at radius 3 is 2.28 bits per heavy atom. The highest BCUT2D eigenvalue weighted by Gasteiger charge is 2.35. The number of ether oxygens (including phenoxy) is 3. The van der Waals surface area contributed by atoms with Crippen LogP contribution in [0.1, 0.15) is 75.0 Å². The fourth-order valence-corrected chi connectivity index (χ4v) is 4.95. The van der Waals surface area contributed by atoms with Crippen LogP contribution >= 0.6 is 0 Å². The number of hydrogen-bond donors (Lipinski definition) is 1. The summed E-state index contributed by atoms with van der Waals surface area (Å²) in [6.45, 7) is 10.5. The number of fused-ring (bicyclic) bond motifs is 1. The van der Waals surface area contributed by atoms with E-state index in [4.69, 9.17) is 14.2 Å². The Kier molecular flexibility index (Phi) is 9.72. The molecule has 2 aromatic carbocycles. The average Bonchev–Trinajstić information content (AvgIpc) is 3.23. The molecule has 2 aromatic rings. The quantitative estimate of drug-likeness (QED) is 0.481. The minimum atomic E-state index is -1.06. The second kappa shape index (κ2) is 13.2. The summed E-state index contributed by atoms with van der Waals surface area (Å²) in [5.41, 5.74) is 0.853. The molecule has 0 radical (unpaired) electrons. The Balaban J connectivity index is 1.48. The third kappa shape index (κ3) is 8.19. The molecule has 1 atom stereocenters. The third-order valence-electron chi connectivity index (χ3n) is 7.00. The Morgan fingerprint density at radius 2 is 1.67 bits per heavy atom. The topological polar surface area (TPSA) is 159 Å². The van der Waals surface area contributed by atoms with Crippen LogP contribution in [0.3, 0.4) is 0 Å². The largest absolute Gasteiger partial charge is 0.443 e.